The first-order chi connectivity index (χ1) is 11.7. The molecule has 3 heteroatoms. The van der Waals surface area contributed by atoms with Crippen LogP contribution in [0.3, 0.4) is 0 Å². The van der Waals surface area contributed by atoms with Gasteiger partial charge in [-0.3, -0.25) is 0 Å². The van der Waals surface area contributed by atoms with E-state index in [1.54, 1.807) is 6.07 Å². The highest BCUT2D eigenvalue weighted by atomic mass is 19.1. The number of rotatable bonds is 10. The highest BCUT2D eigenvalue weighted by molar-refractivity contribution is 5.24. The van der Waals surface area contributed by atoms with Gasteiger partial charge in [0.25, 0.3) is 0 Å². The Hall–Kier alpha value is -0.930. The number of benzene rings is 1. The van der Waals surface area contributed by atoms with Crippen LogP contribution in [-0.2, 0) is 22.3 Å². The number of hydrogen-bond donors (Lipinski definition) is 0. The normalized spacial score (nSPS) is 21.1. The van der Waals surface area contributed by atoms with Crippen molar-refractivity contribution in [1.29, 1.82) is 0 Å². The van der Waals surface area contributed by atoms with E-state index in [2.05, 4.69) is 19.9 Å². The quantitative estimate of drug-likeness (QED) is 0.512. The first-order valence-electron chi connectivity index (χ1n) is 9.73. The van der Waals surface area contributed by atoms with Gasteiger partial charge in [-0.25, -0.2) is 4.39 Å². The van der Waals surface area contributed by atoms with Gasteiger partial charge in [-0.15, -0.1) is 0 Å². The molecule has 0 aromatic heterocycles. The molecule has 0 spiro atoms. The number of aryl methyl sites for hydroxylation is 2. The molecule has 1 aromatic rings. The Kier molecular flexibility index (Phi) is 8.76. The molecule has 1 fully saturated rings. The van der Waals surface area contributed by atoms with Gasteiger partial charge in [0, 0.05) is 12.3 Å². The summed E-state index contributed by atoms with van der Waals surface area (Å²) in [5.74, 6) is 0.444. The minimum Gasteiger partial charge on any atom is -0.352 e. The predicted octanol–water partition coefficient (Wildman–Crippen LogP) is 5.67. The van der Waals surface area contributed by atoms with Gasteiger partial charge < -0.3 is 9.47 Å². The van der Waals surface area contributed by atoms with Crippen LogP contribution in [0.25, 0.3) is 0 Å². The van der Waals surface area contributed by atoms with Crippen molar-refractivity contribution in [3.05, 3.63) is 35.1 Å². The van der Waals surface area contributed by atoms with Crippen LogP contribution in [0.5, 0.6) is 0 Å². The van der Waals surface area contributed by atoms with E-state index in [-0.39, 0.29) is 12.1 Å². The molecular formula is C21H33FO2. The van der Waals surface area contributed by atoms with Crippen molar-refractivity contribution in [2.75, 3.05) is 13.2 Å². The lowest BCUT2D eigenvalue weighted by atomic mass is 10.0. The molecule has 0 radical (unpaired) electrons. The van der Waals surface area contributed by atoms with E-state index in [1.807, 2.05) is 6.07 Å². The zero-order valence-electron chi connectivity index (χ0n) is 15.4. The van der Waals surface area contributed by atoms with Crippen molar-refractivity contribution < 1.29 is 13.9 Å². The minimum atomic E-state index is -0.174. The fourth-order valence-corrected chi connectivity index (χ4v) is 3.20. The third kappa shape index (κ3) is 6.52. The number of hydrogen-bond acceptors (Lipinski definition) is 2. The Balaban J connectivity index is 1.70. The van der Waals surface area contributed by atoms with Crippen LogP contribution in [0, 0.1) is 11.7 Å². The molecular weight excluding hydrogens is 303 g/mol. The molecule has 0 bridgehead atoms. The van der Waals surface area contributed by atoms with Gasteiger partial charge in [0.05, 0.1) is 13.2 Å². The topological polar surface area (TPSA) is 18.5 Å². The SMILES string of the molecule is CCCCCC1COC(CCc2ccc(CCCC)cc2F)OC1. The molecule has 2 nitrogen and oxygen atoms in total. The second-order valence-electron chi connectivity index (χ2n) is 7.03. The molecule has 0 atom stereocenters. The first-order valence-corrected chi connectivity index (χ1v) is 9.73. The first kappa shape index (κ1) is 19.4. The van der Waals surface area contributed by atoms with E-state index >= 15 is 0 Å². The smallest absolute Gasteiger partial charge is 0.157 e. The molecule has 0 aliphatic carbocycles. The molecule has 2 rings (SSSR count). The summed E-state index contributed by atoms with van der Waals surface area (Å²) in [6, 6.07) is 5.68. The van der Waals surface area contributed by atoms with Crippen LogP contribution in [0.15, 0.2) is 18.2 Å². The maximum atomic E-state index is 14.2. The Bertz CT molecular complexity index is 467. The summed E-state index contributed by atoms with van der Waals surface area (Å²) < 4.78 is 25.8. The van der Waals surface area contributed by atoms with Gasteiger partial charge in [-0.2, -0.15) is 0 Å². The van der Waals surface area contributed by atoms with Crippen LogP contribution in [0.4, 0.5) is 4.39 Å². The van der Waals surface area contributed by atoms with Gasteiger partial charge in [-0.05, 0) is 42.9 Å². The second-order valence-corrected chi connectivity index (χ2v) is 7.03. The lowest BCUT2D eigenvalue weighted by molar-refractivity contribution is -0.203. The summed E-state index contributed by atoms with van der Waals surface area (Å²) in [4.78, 5) is 0. The maximum Gasteiger partial charge on any atom is 0.157 e. The standard InChI is InChI=1S/C21H33FO2/c1-3-5-7-9-18-15-23-21(24-16-18)13-12-19-11-10-17(8-6-4-2)14-20(19)22/h10-11,14,18,21H,3-9,12-13,15-16H2,1-2H3. The minimum absolute atomic E-state index is 0.0862. The fraction of sp³-hybridized carbons (Fsp3) is 0.714. The van der Waals surface area contributed by atoms with E-state index in [0.29, 0.717) is 12.3 Å². The van der Waals surface area contributed by atoms with Crippen LogP contribution in [-0.4, -0.2) is 19.5 Å². The summed E-state index contributed by atoms with van der Waals surface area (Å²) in [5.41, 5.74) is 1.87. The Morgan fingerprint density at radius 2 is 1.71 bits per heavy atom. The number of halogens is 1. The summed E-state index contributed by atoms with van der Waals surface area (Å²) in [5, 5.41) is 0. The third-order valence-electron chi connectivity index (χ3n) is 4.84. The van der Waals surface area contributed by atoms with E-state index in [1.165, 1.54) is 25.7 Å². The molecule has 136 valence electrons. The molecule has 24 heavy (non-hydrogen) atoms. The zero-order valence-corrected chi connectivity index (χ0v) is 15.4. The number of unbranched alkanes of at least 4 members (excludes halogenated alkanes) is 3. The van der Waals surface area contributed by atoms with E-state index in [4.69, 9.17) is 9.47 Å². The van der Waals surface area contributed by atoms with E-state index in [9.17, 15) is 4.39 Å². The molecule has 1 saturated heterocycles. The lowest BCUT2D eigenvalue weighted by Gasteiger charge is -2.29. The maximum absolute atomic E-state index is 14.2. The average molecular weight is 336 g/mol. The molecule has 1 aliphatic rings. The molecule has 1 heterocycles. The summed E-state index contributed by atoms with van der Waals surface area (Å²) in [7, 11) is 0. The van der Waals surface area contributed by atoms with Crippen molar-refractivity contribution in [1.82, 2.24) is 0 Å². The van der Waals surface area contributed by atoms with Gasteiger partial charge in [0.2, 0.25) is 0 Å². The summed E-state index contributed by atoms with van der Waals surface area (Å²) >= 11 is 0. The molecule has 0 N–H and O–H groups in total. The molecule has 1 aromatic carbocycles. The van der Waals surface area contributed by atoms with E-state index < -0.39 is 0 Å². The zero-order chi connectivity index (χ0) is 17.2. The largest absolute Gasteiger partial charge is 0.352 e. The Morgan fingerprint density at radius 3 is 2.38 bits per heavy atom. The van der Waals surface area contributed by atoms with Gasteiger partial charge in [0.1, 0.15) is 5.82 Å². The Labute approximate surface area is 146 Å². The molecule has 0 unspecified atom stereocenters. The molecule has 1 aliphatic heterocycles. The van der Waals surface area contributed by atoms with Crippen molar-refractivity contribution in [2.45, 2.75) is 77.9 Å². The van der Waals surface area contributed by atoms with Gasteiger partial charge in [-0.1, -0.05) is 51.7 Å². The molecule has 0 amide bonds. The van der Waals surface area contributed by atoms with Crippen molar-refractivity contribution in [3.8, 4) is 0 Å². The Morgan fingerprint density at radius 1 is 0.958 bits per heavy atom. The highest BCUT2D eigenvalue weighted by Crippen LogP contribution is 2.21. The molecule has 0 saturated carbocycles. The monoisotopic (exact) mass is 336 g/mol. The number of ether oxygens (including phenoxy) is 2. The van der Waals surface area contributed by atoms with Crippen LogP contribution < -0.4 is 0 Å². The third-order valence-corrected chi connectivity index (χ3v) is 4.84. The van der Waals surface area contributed by atoms with Crippen molar-refractivity contribution in [3.63, 3.8) is 0 Å². The summed E-state index contributed by atoms with van der Waals surface area (Å²) in [6.45, 7) is 5.95. The second kappa shape index (κ2) is 10.8. The van der Waals surface area contributed by atoms with Crippen molar-refractivity contribution >= 4 is 0 Å². The van der Waals surface area contributed by atoms with Crippen molar-refractivity contribution in [2.24, 2.45) is 5.92 Å². The fourth-order valence-electron chi connectivity index (χ4n) is 3.20. The summed E-state index contributed by atoms with van der Waals surface area (Å²) in [6.07, 6.45) is 9.42. The van der Waals surface area contributed by atoms with E-state index in [0.717, 1.165) is 50.0 Å². The lowest BCUT2D eigenvalue weighted by Crippen LogP contribution is -2.32. The average Bonchev–Trinajstić information content (AvgIpc) is 2.60. The van der Waals surface area contributed by atoms with Crippen LogP contribution >= 0.6 is 0 Å². The predicted molar refractivity (Wildman–Crippen MR) is 96.7 cm³/mol. The van der Waals surface area contributed by atoms with Gasteiger partial charge >= 0.3 is 0 Å². The highest BCUT2D eigenvalue weighted by Gasteiger charge is 2.22. The van der Waals surface area contributed by atoms with Crippen LogP contribution in [0.2, 0.25) is 0 Å². The van der Waals surface area contributed by atoms with Crippen LogP contribution in [0.1, 0.15) is 69.9 Å². The van der Waals surface area contributed by atoms with Gasteiger partial charge in [0.15, 0.2) is 6.29 Å².